The Kier molecular flexibility index (Phi) is 3.70. The van der Waals surface area contributed by atoms with Crippen molar-refractivity contribution in [3.8, 4) is 5.75 Å². The van der Waals surface area contributed by atoms with Gasteiger partial charge in [0.05, 0.1) is 7.11 Å². The molecule has 0 aliphatic rings. The number of hydrogen-bond acceptors (Lipinski definition) is 3. The minimum absolute atomic E-state index is 0.506. The lowest BCUT2D eigenvalue weighted by Gasteiger charge is -2.13. The van der Waals surface area contributed by atoms with Crippen LogP contribution in [0, 0.1) is 3.57 Å². The predicted octanol–water partition coefficient (Wildman–Crippen LogP) is 1.38. The highest BCUT2D eigenvalue weighted by Gasteiger charge is 2.21. The summed E-state index contributed by atoms with van der Waals surface area (Å²) in [6.45, 7) is 0. The standard InChI is InChI=1S/C9H10INO3/c1-14-6-4-2-3-5(10)7(6)8(11)9(12)13/h2-4,8H,11H2,1H3,(H,12,13)/t8-/m1/s1. The van der Waals surface area contributed by atoms with Crippen molar-refractivity contribution in [3.63, 3.8) is 0 Å². The Bertz CT molecular complexity index is 354. The molecule has 0 spiro atoms. The maximum absolute atomic E-state index is 10.7. The van der Waals surface area contributed by atoms with E-state index in [4.69, 9.17) is 15.6 Å². The molecule has 0 aromatic heterocycles. The third-order valence-corrected chi connectivity index (χ3v) is 2.75. The van der Waals surface area contributed by atoms with Crippen molar-refractivity contribution < 1.29 is 14.6 Å². The number of halogens is 1. The number of carboxylic acid groups (broad SMARTS) is 1. The molecule has 0 aliphatic carbocycles. The van der Waals surface area contributed by atoms with Crippen LogP contribution in [0.1, 0.15) is 11.6 Å². The van der Waals surface area contributed by atoms with Crippen LogP contribution in [0.15, 0.2) is 18.2 Å². The van der Waals surface area contributed by atoms with E-state index in [2.05, 4.69) is 0 Å². The lowest BCUT2D eigenvalue weighted by Crippen LogP contribution is -2.22. The van der Waals surface area contributed by atoms with E-state index in [0.29, 0.717) is 11.3 Å². The van der Waals surface area contributed by atoms with Crippen molar-refractivity contribution in [2.24, 2.45) is 5.73 Å². The molecule has 0 radical (unpaired) electrons. The summed E-state index contributed by atoms with van der Waals surface area (Å²) in [6.07, 6.45) is 0. The zero-order chi connectivity index (χ0) is 10.7. The third kappa shape index (κ3) is 2.16. The SMILES string of the molecule is COc1cccc(I)c1[C@@H](N)C(=O)O. The molecule has 1 aromatic carbocycles. The second kappa shape index (κ2) is 4.61. The maximum atomic E-state index is 10.7. The molecule has 1 atom stereocenters. The normalized spacial score (nSPS) is 12.2. The predicted molar refractivity (Wildman–Crippen MR) is 60.3 cm³/mol. The Hall–Kier alpha value is -0.820. The second-order valence-corrected chi connectivity index (χ2v) is 3.83. The quantitative estimate of drug-likeness (QED) is 0.828. The summed E-state index contributed by atoms with van der Waals surface area (Å²) < 4.78 is 5.84. The fraction of sp³-hybridized carbons (Fsp3) is 0.222. The van der Waals surface area contributed by atoms with Gasteiger partial charge in [0, 0.05) is 9.13 Å². The average Bonchev–Trinajstić information content (AvgIpc) is 2.16. The van der Waals surface area contributed by atoms with Crippen molar-refractivity contribution in [2.75, 3.05) is 7.11 Å². The number of nitrogens with two attached hydrogens (primary N) is 1. The molecule has 5 heteroatoms. The average molecular weight is 307 g/mol. The molecule has 76 valence electrons. The number of benzene rings is 1. The van der Waals surface area contributed by atoms with E-state index >= 15 is 0 Å². The van der Waals surface area contributed by atoms with Crippen LogP contribution in [-0.2, 0) is 4.79 Å². The van der Waals surface area contributed by atoms with Crippen molar-refractivity contribution in [3.05, 3.63) is 27.3 Å². The Morgan fingerprint density at radius 3 is 2.79 bits per heavy atom. The third-order valence-electron chi connectivity index (χ3n) is 1.81. The molecule has 0 heterocycles. The van der Waals surface area contributed by atoms with Gasteiger partial charge >= 0.3 is 5.97 Å². The maximum Gasteiger partial charge on any atom is 0.325 e. The van der Waals surface area contributed by atoms with Gasteiger partial charge in [0.1, 0.15) is 11.8 Å². The van der Waals surface area contributed by atoms with Gasteiger partial charge < -0.3 is 15.6 Å². The lowest BCUT2D eigenvalue weighted by atomic mass is 10.1. The molecule has 4 nitrogen and oxygen atoms in total. The Balaban J connectivity index is 3.23. The fourth-order valence-corrected chi connectivity index (χ4v) is 1.93. The molecule has 0 saturated carbocycles. The molecule has 0 aliphatic heterocycles. The molecule has 1 aromatic rings. The van der Waals surface area contributed by atoms with E-state index in [1.165, 1.54) is 7.11 Å². The smallest absolute Gasteiger partial charge is 0.325 e. The molecule has 0 saturated heterocycles. The topological polar surface area (TPSA) is 72.5 Å². The van der Waals surface area contributed by atoms with Gasteiger partial charge in [-0.2, -0.15) is 0 Å². The highest BCUT2D eigenvalue weighted by molar-refractivity contribution is 14.1. The first-order chi connectivity index (χ1) is 6.57. The molecule has 0 unspecified atom stereocenters. The van der Waals surface area contributed by atoms with Gasteiger partial charge in [0.15, 0.2) is 0 Å². The van der Waals surface area contributed by atoms with Gasteiger partial charge in [-0.25, -0.2) is 0 Å². The van der Waals surface area contributed by atoms with Crippen molar-refractivity contribution in [1.29, 1.82) is 0 Å². The summed E-state index contributed by atoms with van der Waals surface area (Å²) in [5, 5.41) is 8.80. The van der Waals surface area contributed by atoms with Crippen LogP contribution in [0.4, 0.5) is 0 Å². The highest BCUT2D eigenvalue weighted by atomic mass is 127. The Morgan fingerprint density at radius 1 is 1.64 bits per heavy atom. The first-order valence-corrected chi connectivity index (χ1v) is 4.96. The van der Waals surface area contributed by atoms with Crippen molar-refractivity contribution in [1.82, 2.24) is 0 Å². The van der Waals surface area contributed by atoms with E-state index in [-0.39, 0.29) is 0 Å². The molecular weight excluding hydrogens is 297 g/mol. The molecule has 0 fully saturated rings. The zero-order valence-electron chi connectivity index (χ0n) is 7.53. The van der Waals surface area contributed by atoms with Gasteiger partial charge in [0.25, 0.3) is 0 Å². The van der Waals surface area contributed by atoms with Crippen LogP contribution in [-0.4, -0.2) is 18.2 Å². The summed E-state index contributed by atoms with van der Waals surface area (Å²) >= 11 is 2.03. The van der Waals surface area contributed by atoms with Crippen molar-refractivity contribution in [2.45, 2.75) is 6.04 Å². The van der Waals surface area contributed by atoms with Gasteiger partial charge in [0.2, 0.25) is 0 Å². The minimum Gasteiger partial charge on any atom is -0.496 e. The Morgan fingerprint density at radius 2 is 2.29 bits per heavy atom. The van der Waals surface area contributed by atoms with Crippen molar-refractivity contribution >= 4 is 28.6 Å². The van der Waals surface area contributed by atoms with Gasteiger partial charge in [-0.1, -0.05) is 6.07 Å². The van der Waals surface area contributed by atoms with Crippen LogP contribution in [0.25, 0.3) is 0 Å². The van der Waals surface area contributed by atoms with Gasteiger partial charge in [-0.15, -0.1) is 0 Å². The van der Waals surface area contributed by atoms with E-state index in [1.807, 2.05) is 22.6 Å². The summed E-state index contributed by atoms with van der Waals surface area (Å²) in [7, 11) is 1.49. The fourth-order valence-electron chi connectivity index (χ4n) is 1.12. The summed E-state index contributed by atoms with van der Waals surface area (Å²) in [6, 6.07) is 4.23. The van der Waals surface area contributed by atoms with Crippen LogP contribution in [0.2, 0.25) is 0 Å². The van der Waals surface area contributed by atoms with E-state index in [1.54, 1.807) is 18.2 Å². The Labute approximate surface area is 95.2 Å². The largest absolute Gasteiger partial charge is 0.496 e. The minimum atomic E-state index is -1.06. The number of carbonyl (C=O) groups is 1. The number of methoxy groups -OCH3 is 1. The van der Waals surface area contributed by atoms with Crippen LogP contribution >= 0.6 is 22.6 Å². The number of ether oxygens (including phenoxy) is 1. The van der Waals surface area contributed by atoms with Crippen LogP contribution in [0.5, 0.6) is 5.75 Å². The highest BCUT2D eigenvalue weighted by Crippen LogP contribution is 2.28. The molecule has 0 bridgehead atoms. The number of carboxylic acids is 1. The van der Waals surface area contributed by atoms with E-state index in [0.717, 1.165) is 3.57 Å². The summed E-state index contributed by atoms with van der Waals surface area (Å²) in [4.78, 5) is 10.7. The van der Waals surface area contributed by atoms with E-state index in [9.17, 15) is 4.79 Å². The summed E-state index contributed by atoms with van der Waals surface area (Å²) in [5.74, 6) is -0.556. The molecule has 14 heavy (non-hydrogen) atoms. The first-order valence-electron chi connectivity index (χ1n) is 3.88. The first kappa shape index (κ1) is 11.3. The van der Waals surface area contributed by atoms with E-state index < -0.39 is 12.0 Å². The second-order valence-electron chi connectivity index (χ2n) is 2.67. The van der Waals surface area contributed by atoms with Crippen LogP contribution in [0.3, 0.4) is 0 Å². The monoisotopic (exact) mass is 307 g/mol. The van der Waals surface area contributed by atoms with Gasteiger partial charge in [-0.3, -0.25) is 4.79 Å². The number of aliphatic carboxylic acids is 1. The lowest BCUT2D eigenvalue weighted by molar-refractivity contribution is -0.138. The summed E-state index contributed by atoms with van der Waals surface area (Å²) in [5.41, 5.74) is 6.05. The van der Waals surface area contributed by atoms with Crippen LogP contribution < -0.4 is 10.5 Å². The van der Waals surface area contributed by atoms with Gasteiger partial charge in [-0.05, 0) is 34.7 Å². The zero-order valence-corrected chi connectivity index (χ0v) is 9.69. The number of rotatable bonds is 3. The molecule has 1 rings (SSSR count). The number of hydrogen-bond donors (Lipinski definition) is 2. The molecular formula is C9H10INO3. The molecule has 3 N–H and O–H groups in total. The molecule has 0 amide bonds.